The Morgan fingerprint density at radius 2 is 1.09 bits per heavy atom. The van der Waals surface area contributed by atoms with Gasteiger partial charge in [0.1, 0.15) is 17.2 Å². The molecule has 2 nitrogen and oxygen atoms in total. The summed E-state index contributed by atoms with van der Waals surface area (Å²) < 4.78 is 28.0. The molecule has 0 aliphatic carbocycles. The molecular formula is C19H13F2NO. The normalized spacial score (nSPS) is 10.3. The lowest BCUT2D eigenvalue weighted by atomic mass is 10.1. The first kappa shape index (κ1) is 14.9. The third-order valence-electron chi connectivity index (χ3n) is 3.41. The molecule has 0 unspecified atom stereocenters. The number of nitrogens with zero attached hydrogens (tertiary/aromatic N) is 1. The third kappa shape index (κ3) is 2.97. The highest BCUT2D eigenvalue weighted by Gasteiger charge is 2.25. The number of rotatable bonds is 3. The number of para-hydroxylation sites is 2. The van der Waals surface area contributed by atoms with Gasteiger partial charge in [0.2, 0.25) is 0 Å². The fourth-order valence-corrected chi connectivity index (χ4v) is 2.35. The molecule has 3 aromatic carbocycles. The summed E-state index contributed by atoms with van der Waals surface area (Å²) >= 11 is 0. The molecule has 3 aromatic rings. The summed E-state index contributed by atoms with van der Waals surface area (Å²) in [7, 11) is 0. The molecule has 0 aliphatic rings. The zero-order chi connectivity index (χ0) is 16.2. The van der Waals surface area contributed by atoms with Gasteiger partial charge in [0.05, 0.1) is 0 Å². The Morgan fingerprint density at radius 3 is 1.52 bits per heavy atom. The summed E-state index contributed by atoms with van der Waals surface area (Å²) in [5.41, 5.74) is 0.498. The van der Waals surface area contributed by atoms with Crippen molar-refractivity contribution in [3.05, 3.63) is 96.1 Å². The molecule has 4 heteroatoms. The molecule has 23 heavy (non-hydrogen) atoms. The summed E-state index contributed by atoms with van der Waals surface area (Å²) in [4.78, 5) is 14.1. The van der Waals surface area contributed by atoms with E-state index in [9.17, 15) is 13.6 Å². The van der Waals surface area contributed by atoms with Crippen LogP contribution in [0.4, 0.5) is 20.2 Å². The highest BCUT2D eigenvalue weighted by molar-refractivity contribution is 6.11. The summed E-state index contributed by atoms with van der Waals surface area (Å²) in [6.07, 6.45) is 0. The predicted octanol–water partition coefficient (Wildman–Crippen LogP) is 4.94. The molecule has 114 valence electrons. The van der Waals surface area contributed by atoms with E-state index in [0.717, 1.165) is 12.1 Å². The Morgan fingerprint density at radius 1 is 0.652 bits per heavy atom. The first-order chi connectivity index (χ1) is 11.2. The molecule has 0 saturated carbocycles. The molecule has 3 rings (SSSR count). The molecule has 0 aromatic heterocycles. The van der Waals surface area contributed by atoms with Crippen molar-refractivity contribution in [2.45, 2.75) is 0 Å². The maximum atomic E-state index is 14.0. The zero-order valence-corrected chi connectivity index (χ0v) is 12.1. The molecule has 0 fully saturated rings. The van der Waals surface area contributed by atoms with Gasteiger partial charge in [0.25, 0.3) is 5.91 Å². The molecule has 0 saturated heterocycles. The van der Waals surface area contributed by atoms with Crippen molar-refractivity contribution >= 4 is 17.3 Å². The number of hydrogen-bond acceptors (Lipinski definition) is 1. The quantitative estimate of drug-likeness (QED) is 0.671. The van der Waals surface area contributed by atoms with Crippen LogP contribution >= 0.6 is 0 Å². The molecule has 0 bridgehead atoms. The van der Waals surface area contributed by atoms with Crippen molar-refractivity contribution in [3.8, 4) is 0 Å². The zero-order valence-electron chi connectivity index (χ0n) is 12.1. The van der Waals surface area contributed by atoms with Gasteiger partial charge in [0.15, 0.2) is 0 Å². The minimum Gasteiger partial charge on any atom is -0.277 e. The van der Waals surface area contributed by atoms with Crippen molar-refractivity contribution in [3.63, 3.8) is 0 Å². The molecule has 0 spiro atoms. The van der Waals surface area contributed by atoms with Crippen LogP contribution in [0.1, 0.15) is 10.4 Å². The van der Waals surface area contributed by atoms with E-state index in [4.69, 9.17) is 0 Å². The topological polar surface area (TPSA) is 20.3 Å². The van der Waals surface area contributed by atoms with E-state index in [2.05, 4.69) is 0 Å². The van der Waals surface area contributed by atoms with Gasteiger partial charge in [-0.2, -0.15) is 0 Å². The fraction of sp³-hybridized carbons (Fsp3) is 0. The Bertz CT molecular complexity index is 760. The van der Waals surface area contributed by atoms with Gasteiger partial charge in [-0.25, -0.2) is 8.78 Å². The van der Waals surface area contributed by atoms with Crippen LogP contribution in [0.2, 0.25) is 0 Å². The monoisotopic (exact) mass is 309 g/mol. The van der Waals surface area contributed by atoms with Gasteiger partial charge in [-0.1, -0.05) is 42.5 Å². The molecule has 1 amide bonds. The number of halogens is 2. The van der Waals surface area contributed by atoms with E-state index in [1.54, 1.807) is 60.7 Å². The predicted molar refractivity (Wildman–Crippen MR) is 85.7 cm³/mol. The van der Waals surface area contributed by atoms with E-state index in [1.165, 1.54) is 11.0 Å². The summed E-state index contributed by atoms with van der Waals surface area (Å²) in [5.74, 6) is -2.52. The van der Waals surface area contributed by atoms with Crippen LogP contribution in [0.3, 0.4) is 0 Å². The Balaban J connectivity index is 2.15. The van der Waals surface area contributed by atoms with Crippen LogP contribution in [0.5, 0.6) is 0 Å². The average Bonchev–Trinajstić information content (AvgIpc) is 2.57. The lowest BCUT2D eigenvalue weighted by Crippen LogP contribution is -2.27. The maximum Gasteiger partial charge on any atom is 0.268 e. The van der Waals surface area contributed by atoms with E-state index in [1.807, 2.05) is 0 Å². The first-order valence-corrected chi connectivity index (χ1v) is 7.07. The lowest BCUT2D eigenvalue weighted by molar-refractivity contribution is 0.0991. The molecule has 0 heterocycles. The largest absolute Gasteiger partial charge is 0.277 e. The van der Waals surface area contributed by atoms with Crippen molar-refractivity contribution in [2.75, 3.05) is 4.90 Å². The Kier molecular flexibility index (Phi) is 4.15. The van der Waals surface area contributed by atoms with E-state index >= 15 is 0 Å². The Labute approximate surface area is 132 Å². The Hall–Kier alpha value is -3.01. The van der Waals surface area contributed by atoms with Crippen LogP contribution < -0.4 is 4.90 Å². The summed E-state index contributed by atoms with van der Waals surface area (Å²) in [5, 5.41) is 0. The van der Waals surface area contributed by atoms with Crippen LogP contribution in [-0.2, 0) is 0 Å². The number of anilines is 2. The number of benzene rings is 3. The summed E-state index contributed by atoms with van der Waals surface area (Å²) in [6, 6.07) is 20.9. The maximum absolute atomic E-state index is 14.0. The van der Waals surface area contributed by atoms with Crippen molar-refractivity contribution in [1.29, 1.82) is 0 Å². The van der Waals surface area contributed by atoms with E-state index in [0.29, 0.717) is 11.4 Å². The number of carbonyl (C=O) groups excluding carboxylic acids is 1. The van der Waals surface area contributed by atoms with Gasteiger partial charge >= 0.3 is 0 Å². The summed E-state index contributed by atoms with van der Waals surface area (Å²) in [6.45, 7) is 0. The molecule has 0 N–H and O–H groups in total. The SMILES string of the molecule is O=C(c1c(F)cccc1F)N(c1ccccc1)c1ccccc1. The van der Waals surface area contributed by atoms with Crippen molar-refractivity contribution < 1.29 is 13.6 Å². The van der Waals surface area contributed by atoms with Crippen molar-refractivity contribution in [2.24, 2.45) is 0 Å². The smallest absolute Gasteiger partial charge is 0.268 e. The molecular weight excluding hydrogens is 296 g/mol. The number of amides is 1. The van der Waals surface area contributed by atoms with Crippen LogP contribution in [0.25, 0.3) is 0 Å². The lowest BCUT2D eigenvalue weighted by Gasteiger charge is -2.23. The second kappa shape index (κ2) is 6.40. The molecule has 0 radical (unpaired) electrons. The number of hydrogen-bond donors (Lipinski definition) is 0. The minimum absolute atomic E-state index is 0.534. The van der Waals surface area contributed by atoms with Gasteiger partial charge in [-0.05, 0) is 36.4 Å². The fourth-order valence-electron chi connectivity index (χ4n) is 2.35. The average molecular weight is 309 g/mol. The third-order valence-corrected chi connectivity index (χ3v) is 3.41. The van der Waals surface area contributed by atoms with Crippen molar-refractivity contribution in [1.82, 2.24) is 0 Å². The van der Waals surface area contributed by atoms with Gasteiger partial charge < -0.3 is 0 Å². The standard InChI is InChI=1S/C19H13F2NO/c20-16-12-7-13-17(21)18(16)19(23)22(14-8-3-1-4-9-14)15-10-5-2-6-11-15/h1-13H. The van der Waals surface area contributed by atoms with Crippen LogP contribution in [0.15, 0.2) is 78.9 Å². The highest BCUT2D eigenvalue weighted by Crippen LogP contribution is 2.28. The van der Waals surface area contributed by atoms with Gasteiger partial charge in [-0.15, -0.1) is 0 Å². The molecule has 0 atom stereocenters. The number of carbonyl (C=O) groups is 1. The van der Waals surface area contributed by atoms with Gasteiger partial charge in [-0.3, -0.25) is 9.69 Å². The minimum atomic E-state index is -0.883. The van der Waals surface area contributed by atoms with Gasteiger partial charge in [0, 0.05) is 11.4 Å². The second-order valence-corrected chi connectivity index (χ2v) is 4.91. The highest BCUT2D eigenvalue weighted by atomic mass is 19.1. The molecule has 0 aliphatic heterocycles. The van der Waals surface area contributed by atoms with E-state index in [-0.39, 0.29) is 0 Å². The van der Waals surface area contributed by atoms with Crippen LogP contribution in [-0.4, -0.2) is 5.91 Å². The van der Waals surface area contributed by atoms with Crippen LogP contribution in [0, 0.1) is 11.6 Å². The first-order valence-electron chi connectivity index (χ1n) is 7.07. The van der Waals surface area contributed by atoms with E-state index < -0.39 is 23.1 Å². The second-order valence-electron chi connectivity index (χ2n) is 4.91.